The van der Waals surface area contributed by atoms with E-state index in [2.05, 4.69) is 4.98 Å². The quantitative estimate of drug-likeness (QED) is 0.245. The number of carbonyl (C=O) groups is 1. The van der Waals surface area contributed by atoms with Crippen LogP contribution in [-0.2, 0) is 11.3 Å². The molecule has 1 aliphatic rings. The molecular weight excluding hydrogens is 430 g/mol. The van der Waals surface area contributed by atoms with Gasteiger partial charge in [-0.1, -0.05) is 41.6 Å². The Hall–Kier alpha value is -2.55. The molecule has 1 fully saturated rings. The molecule has 4 aromatic rings. The highest BCUT2D eigenvalue weighted by Gasteiger charge is 2.22. The predicted molar refractivity (Wildman–Crippen MR) is 124 cm³/mol. The van der Waals surface area contributed by atoms with Crippen molar-refractivity contribution in [2.24, 2.45) is 0 Å². The van der Waals surface area contributed by atoms with Gasteiger partial charge in [-0.2, -0.15) is 0 Å². The first-order chi connectivity index (χ1) is 15.1. The second-order valence-electron chi connectivity index (χ2n) is 7.66. The third-order valence-electron chi connectivity index (χ3n) is 5.43. The molecule has 5 rings (SSSR count). The number of fused-ring (bicyclic) bond motifs is 3. The highest BCUT2D eigenvalue weighted by atomic mass is 32.2. The van der Waals surface area contributed by atoms with Gasteiger partial charge in [-0.25, -0.2) is 9.97 Å². The van der Waals surface area contributed by atoms with Gasteiger partial charge in [-0.3, -0.25) is 14.2 Å². The molecule has 31 heavy (non-hydrogen) atoms. The summed E-state index contributed by atoms with van der Waals surface area (Å²) < 4.78 is 8.05. The molecule has 0 radical (unpaired) electrons. The zero-order chi connectivity index (χ0) is 21.4. The number of thioether (sulfide) groups is 1. The van der Waals surface area contributed by atoms with Gasteiger partial charge < -0.3 is 4.74 Å². The largest absolute Gasteiger partial charge is 0.376 e. The Morgan fingerprint density at radius 2 is 2.13 bits per heavy atom. The molecule has 0 amide bonds. The Bertz CT molecular complexity index is 1320. The van der Waals surface area contributed by atoms with Crippen molar-refractivity contribution >= 4 is 49.3 Å². The molecule has 6 nitrogen and oxygen atoms in total. The first kappa shape index (κ1) is 20.4. The number of ketones is 1. The van der Waals surface area contributed by atoms with Crippen LogP contribution < -0.4 is 5.56 Å². The molecule has 0 saturated carbocycles. The average Bonchev–Trinajstić information content (AvgIpc) is 3.43. The SMILES string of the molecule is Cc1ccc(C(=O)CSc2nc3c(sc4ncccc43)c(=O)n2C[C@@H]2CCCO2)cc1. The van der Waals surface area contributed by atoms with Gasteiger partial charge in [0.15, 0.2) is 10.9 Å². The molecule has 4 heterocycles. The van der Waals surface area contributed by atoms with E-state index in [4.69, 9.17) is 9.72 Å². The van der Waals surface area contributed by atoms with Crippen LogP contribution in [0.15, 0.2) is 52.5 Å². The lowest BCUT2D eigenvalue weighted by atomic mass is 10.1. The van der Waals surface area contributed by atoms with E-state index in [0.29, 0.717) is 27.5 Å². The molecule has 1 atom stereocenters. The molecule has 158 valence electrons. The lowest BCUT2D eigenvalue weighted by molar-refractivity contribution is 0.0938. The van der Waals surface area contributed by atoms with E-state index in [1.54, 1.807) is 10.8 Å². The fourth-order valence-corrected chi connectivity index (χ4v) is 5.68. The fourth-order valence-electron chi connectivity index (χ4n) is 3.76. The van der Waals surface area contributed by atoms with Crippen LogP contribution in [0.2, 0.25) is 0 Å². The number of pyridine rings is 1. The predicted octanol–water partition coefficient (Wildman–Crippen LogP) is 4.47. The first-order valence-corrected chi connectivity index (χ1v) is 12.0. The van der Waals surface area contributed by atoms with E-state index in [-0.39, 0.29) is 23.2 Å². The molecule has 8 heteroatoms. The van der Waals surface area contributed by atoms with Crippen LogP contribution in [0.3, 0.4) is 0 Å². The maximum Gasteiger partial charge on any atom is 0.272 e. The molecule has 1 saturated heterocycles. The summed E-state index contributed by atoms with van der Waals surface area (Å²) >= 11 is 2.68. The molecule has 0 unspecified atom stereocenters. The second-order valence-corrected chi connectivity index (χ2v) is 9.60. The van der Waals surface area contributed by atoms with Gasteiger partial charge in [0.2, 0.25) is 0 Å². The summed E-state index contributed by atoms with van der Waals surface area (Å²) in [4.78, 5) is 36.2. The minimum atomic E-state index is -0.0891. The van der Waals surface area contributed by atoms with E-state index in [1.165, 1.54) is 23.1 Å². The highest BCUT2D eigenvalue weighted by Crippen LogP contribution is 2.31. The average molecular weight is 452 g/mol. The Labute approximate surface area is 187 Å². The zero-order valence-electron chi connectivity index (χ0n) is 17.0. The molecule has 1 aromatic carbocycles. The molecule has 3 aromatic heterocycles. The zero-order valence-corrected chi connectivity index (χ0v) is 18.7. The number of Topliss-reactive ketones (excluding diaryl/α,β-unsaturated/α-hetero) is 1. The standard InChI is InChI=1S/C23H21N3O3S2/c1-14-6-8-15(9-7-14)18(27)13-30-23-25-19-17-5-2-10-24-21(17)31-20(19)22(28)26(23)12-16-4-3-11-29-16/h2,5-10,16H,3-4,11-13H2,1H3/t16-/m0/s1. The number of ether oxygens (including phenoxy) is 1. The van der Waals surface area contributed by atoms with E-state index >= 15 is 0 Å². The number of thiophene rings is 1. The van der Waals surface area contributed by atoms with Gasteiger partial charge in [0.05, 0.1) is 23.9 Å². The molecule has 0 aliphatic carbocycles. The Balaban J connectivity index is 1.53. The first-order valence-electron chi connectivity index (χ1n) is 10.2. The van der Waals surface area contributed by atoms with Crippen LogP contribution in [0.5, 0.6) is 0 Å². The summed E-state index contributed by atoms with van der Waals surface area (Å²) in [5, 5.41) is 1.42. The van der Waals surface area contributed by atoms with Crippen molar-refractivity contribution in [2.75, 3.05) is 12.4 Å². The monoisotopic (exact) mass is 451 g/mol. The third kappa shape index (κ3) is 4.03. The van der Waals surface area contributed by atoms with Gasteiger partial charge in [0.25, 0.3) is 5.56 Å². The maximum atomic E-state index is 13.4. The van der Waals surface area contributed by atoms with Gasteiger partial charge in [-0.15, -0.1) is 11.3 Å². The van der Waals surface area contributed by atoms with E-state index in [9.17, 15) is 9.59 Å². The summed E-state index contributed by atoms with van der Waals surface area (Å²) in [6.07, 6.45) is 3.64. The number of rotatable bonds is 6. The van der Waals surface area contributed by atoms with E-state index in [1.807, 2.05) is 43.3 Å². The van der Waals surface area contributed by atoms with Crippen molar-refractivity contribution in [3.05, 3.63) is 64.1 Å². The lowest BCUT2D eigenvalue weighted by Crippen LogP contribution is -2.28. The Morgan fingerprint density at radius 3 is 2.90 bits per heavy atom. The molecule has 0 N–H and O–H groups in total. The molecular formula is C23H21N3O3S2. The number of hydrogen-bond acceptors (Lipinski definition) is 7. The van der Waals surface area contributed by atoms with Crippen molar-refractivity contribution in [1.82, 2.24) is 14.5 Å². The maximum absolute atomic E-state index is 13.4. The van der Waals surface area contributed by atoms with Gasteiger partial charge in [0.1, 0.15) is 9.53 Å². The molecule has 1 aliphatic heterocycles. The number of benzene rings is 1. The van der Waals surface area contributed by atoms with Gasteiger partial charge >= 0.3 is 0 Å². The van der Waals surface area contributed by atoms with Crippen molar-refractivity contribution < 1.29 is 9.53 Å². The lowest BCUT2D eigenvalue weighted by Gasteiger charge is -2.15. The number of nitrogens with zero attached hydrogens (tertiary/aromatic N) is 3. The summed E-state index contributed by atoms with van der Waals surface area (Å²) in [6, 6.07) is 11.3. The van der Waals surface area contributed by atoms with Crippen molar-refractivity contribution in [3.63, 3.8) is 0 Å². The van der Waals surface area contributed by atoms with Crippen LogP contribution in [0.1, 0.15) is 28.8 Å². The summed E-state index contributed by atoms with van der Waals surface area (Å²) in [7, 11) is 0. The Kier molecular flexibility index (Phi) is 5.60. The number of hydrogen-bond donors (Lipinski definition) is 0. The van der Waals surface area contributed by atoms with Crippen LogP contribution in [0.4, 0.5) is 0 Å². The summed E-state index contributed by atoms with van der Waals surface area (Å²) in [5.74, 6) is 0.229. The van der Waals surface area contributed by atoms with Crippen LogP contribution in [0.25, 0.3) is 20.4 Å². The highest BCUT2D eigenvalue weighted by molar-refractivity contribution is 7.99. The van der Waals surface area contributed by atoms with Crippen LogP contribution >= 0.6 is 23.1 Å². The van der Waals surface area contributed by atoms with Crippen molar-refractivity contribution in [3.8, 4) is 0 Å². The minimum Gasteiger partial charge on any atom is -0.376 e. The normalized spacial score (nSPS) is 16.4. The smallest absolute Gasteiger partial charge is 0.272 e. The third-order valence-corrected chi connectivity index (χ3v) is 7.50. The topological polar surface area (TPSA) is 74.1 Å². The fraction of sp³-hybridized carbons (Fsp3) is 0.304. The van der Waals surface area contributed by atoms with Gasteiger partial charge in [-0.05, 0) is 31.9 Å². The second kappa shape index (κ2) is 8.53. The number of carbonyl (C=O) groups excluding carboxylic acids is 1. The van der Waals surface area contributed by atoms with Crippen LogP contribution in [0, 0.1) is 6.92 Å². The van der Waals surface area contributed by atoms with Crippen LogP contribution in [-0.4, -0.2) is 38.8 Å². The summed E-state index contributed by atoms with van der Waals surface area (Å²) in [5.41, 5.74) is 2.35. The van der Waals surface area contributed by atoms with E-state index < -0.39 is 0 Å². The number of aryl methyl sites for hydroxylation is 1. The Morgan fingerprint density at radius 1 is 1.29 bits per heavy atom. The van der Waals surface area contributed by atoms with Crippen molar-refractivity contribution in [1.29, 1.82) is 0 Å². The van der Waals surface area contributed by atoms with E-state index in [0.717, 1.165) is 35.2 Å². The minimum absolute atomic E-state index is 0.00314. The molecule has 0 bridgehead atoms. The molecule has 0 spiro atoms. The van der Waals surface area contributed by atoms with Crippen molar-refractivity contribution in [2.45, 2.75) is 37.6 Å². The van der Waals surface area contributed by atoms with Gasteiger partial charge in [0, 0.05) is 23.8 Å². The number of aromatic nitrogens is 3. The summed E-state index contributed by atoms with van der Waals surface area (Å²) in [6.45, 7) is 3.16.